The first-order valence-electron chi connectivity index (χ1n) is 12.3. The topological polar surface area (TPSA) is 27.0 Å². The summed E-state index contributed by atoms with van der Waals surface area (Å²) in [4.78, 5) is 2.65. The molecule has 1 fully saturated rings. The molecule has 0 N–H and O–H groups in total. The van der Waals surface area contributed by atoms with Crippen molar-refractivity contribution in [1.29, 1.82) is 5.26 Å². The van der Waals surface area contributed by atoms with Gasteiger partial charge >= 0.3 is 0 Å². The van der Waals surface area contributed by atoms with Gasteiger partial charge in [0, 0.05) is 36.8 Å². The van der Waals surface area contributed by atoms with Crippen LogP contribution in [0.5, 0.6) is 0 Å². The zero-order valence-electron chi connectivity index (χ0n) is 20.4. The quantitative estimate of drug-likeness (QED) is 0.363. The van der Waals surface area contributed by atoms with Crippen molar-refractivity contribution in [3.05, 3.63) is 71.3 Å². The Hall–Kier alpha value is -1.82. The zero-order valence-corrected chi connectivity index (χ0v) is 21.2. The van der Waals surface area contributed by atoms with E-state index in [1.54, 1.807) is 6.07 Å². The number of halogens is 1. The molecule has 32 heavy (non-hydrogen) atoms. The Morgan fingerprint density at radius 2 is 1.53 bits per heavy atom. The van der Waals surface area contributed by atoms with Gasteiger partial charge in [-0.2, -0.15) is 5.26 Å². The fourth-order valence-electron chi connectivity index (χ4n) is 4.82. The summed E-state index contributed by atoms with van der Waals surface area (Å²) < 4.78 is 0. The lowest BCUT2D eigenvalue weighted by atomic mass is 9.83. The maximum absolute atomic E-state index is 7.32. The van der Waals surface area contributed by atoms with E-state index in [1.807, 2.05) is 0 Å². The predicted octanol–water partition coefficient (Wildman–Crippen LogP) is 7.76. The van der Waals surface area contributed by atoms with Crippen LogP contribution >= 0.6 is 11.6 Å². The summed E-state index contributed by atoms with van der Waals surface area (Å²) in [5, 5.41) is 7.64. The van der Waals surface area contributed by atoms with E-state index in [0.717, 1.165) is 19.4 Å². The molecule has 0 radical (unpaired) electrons. The molecule has 0 spiro atoms. The Bertz CT molecular complexity index is 794. The van der Waals surface area contributed by atoms with E-state index < -0.39 is 0 Å². The summed E-state index contributed by atoms with van der Waals surface area (Å²) in [6.45, 7) is 9.59. The highest BCUT2D eigenvalue weighted by Crippen LogP contribution is 2.36. The minimum absolute atomic E-state index is 0.318. The zero-order chi connectivity index (χ0) is 23.3. The number of rotatable bonds is 9. The van der Waals surface area contributed by atoms with Crippen LogP contribution in [0.15, 0.2) is 54.6 Å². The number of benzene rings is 2. The van der Waals surface area contributed by atoms with E-state index in [4.69, 9.17) is 16.9 Å². The van der Waals surface area contributed by atoms with E-state index in [1.165, 1.54) is 55.7 Å². The van der Waals surface area contributed by atoms with E-state index in [-0.39, 0.29) is 0 Å². The molecule has 3 atom stereocenters. The molecule has 2 aromatic rings. The number of nitrogens with zero attached hydrogens (tertiary/aromatic N) is 2. The minimum Gasteiger partial charge on any atom is -0.298 e. The van der Waals surface area contributed by atoms with Gasteiger partial charge < -0.3 is 0 Å². The van der Waals surface area contributed by atoms with Crippen LogP contribution in [0.1, 0.15) is 82.4 Å². The number of hydrogen-bond acceptors (Lipinski definition) is 2. The molecule has 0 aliphatic heterocycles. The van der Waals surface area contributed by atoms with Crippen LogP contribution in [-0.4, -0.2) is 28.9 Å². The lowest BCUT2D eigenvalue weighted by Crippen LogP contribution is -2.40. The molecular formula is C29H41ClN2. The second-order valence-electron chi connectivity index (χ2n) is 9.33. The summed E-state index contributed by atoms with van der Waals surface area (Å²) in [6.07, 6.45) is 8.49. The first kappa shape index (κ1) is 26.4. The van der Waals surface area contributed by atoms with Crippen LogP contribution in [0.4, 0.5) is 0 Å². The maximum atomic E-state index is 7.32. The largest absolute Gasteiger partial charge is 0.298 e. The molecule has 0 heterocycles. The summed E-state index contributed by atoms with van der Waals surface area (Å²) in [7, 11) is 0. The third kappa shape index (κ3) is 8.61. The number of nitriles is 1. The normalized spacial score (nSPS) is 19.2. The van der Waals surface area contributed by atoms with Crippen LogP contribution < -0.4 is 0 Å². The molecule has 0 amide bonds. The SMILES string of the molecule is CC#N.CC(C)N(CCc1ccccc1)C(C)CCc1ccc(C2CCCCC2Cl)cc1. The maximum Gasteiger partial charge on any atom is 0.0587 e. The van der Waals surface area contributed by atoms with Gasteiger partial charge in [-0.05, 0) is 69.6 Å². The first-order chi connectivity index (χ1) is 15.5. The average Bonchev–Trinajstić information content (AvgIpc) is 2.79. The molecule has 2 nitrogen and oxygen atoms in total. The molecule has 1 aliphatic rings. The third-order valence-corrected chi connectivity index (χ3v) is 7.19. The van der Waals surface area contributed by atoms with Crippen molar-refractivity contribution in [3.63, 3.8) is 0 Å². The average molecular weight is 453 g/mol. The summed E-state index contributed by atoms with van der Waals surface area (Å²) >= 11 is 6.59. The van der Waals surface area contributed by atoms with E-state index >= 15 is 0 Å². The molecule has 174 valence electrons. The van der Waals surface area contributed by atoms with Gasteiger partial charge in [-0.3, -0.25) is 4.90 Å². The van der Waals surface area contributed by atoms with Crippen molar-refractivity contribution in [1.82, 2.24) is 4.90 Å². The van der Waals surface area contributed by atoms with Gasteiger partial charge in [0.2, 0.25) is 0 Å². The Kier molecular flexibility index (Phi) is 11.9. The summed E-state index contributed by atoms with van der Waals surface area (Å²) in [6, 6.07) is 23.1. The van der Waals surface area contributed by atoms with E-state index in [0.29, 0.717) is 23.4 Å². The second kappa shape index (κ2) is 14.4. The molecule has 1 saturated carbocycles. The molecule has 3 heteroatoms. The van der Waals surface area contributed by atoms with Crippen LogP contribution in [0.2, 0.25) is 0 Å². The molecule has 3 rings (SSSR count). The van der Waals surface area contributed by atoms with Gasteiger partial charge in [0.1, 0.15) is 0 Å². The molecule has 3 unspecified atom stereocenters. The van der Waals surface area contributed by atoms with Crippen LogP contribution in [0, 0.1) is 11.3 Å². The van der Waals surface area contributed by atoms with Crippen molar-refractivity contribution in [3.8, 4) is 6.07 Å². The van der Waals surface area contributed by atoms with E-state index in [9.17, 15) is 0 Å². The molecule has 0 aromatic heterocycles. The fraction of sp³-hybridized carbons (Fsp3) is 0.552. The highest BCUT2D eigenvalue weighted by molar-refractivity contribution is 6.21. The Morgan fingerprint density at radius 1 is 0.938 bits per heavy atom. The van der Waals surface area contributed by atoms with Crippen molar-refractivity contribution in [2.24, 2.45) is 0 Å². The van der Waals surface area contributed by atoms with Gasteiger partial charge in [0.15, 0.2) is 0 Å². The van der Waals surface area contributed by atoms with Gasteiger partial charge in [0.25, 0.3) is 0 Å². The monoisotopic (exact) mass is 452 g/mol. The smallest absolute Gasteiger partial charge is 0.0587 e. The predicted molar refractivity (Wildman–Crippen MR) is 138 cm³/mol. The van der Waals surface area contributed by atoms with Crippen molar-refractivity contribution < 1.29 is 0 Å². The van der Waals surface area contributed by atoms with Crippen molar-refractivity contribution >= 4 is 11.6 Å². The molecule has 0 saturated heterocycles. The van der Waals surface area contributed by atoms with Gasteiger partial charge in [-0.1, -0.05) is 67.4 Å². The van der Waals surface area contributed by atoms with Crippen molar-refractivity contribution in [2.75, 3.05) is 6.54 Å². The lowest BCUT2D eigenvalue weighted by Gasteiger charge is -2.33. The molecule has 0 bridgehead atoms. The Labute approximate surface area is 201 Å². The van der Waals surface area contributed by atoms with Gasteiger partial charge in [-0.15, -0.1) is 11.6 Å². The van der Waals surface area contributed by atoms with Crippen LogP contribution in [0.3, 0.4) is 0 Å². The molecular weight excluding hydrogens is 412 g/mol. The Balaban J connectivity index is 0.00000114. The number of alkyl halides is 1. The standard InChI is InChI=1S/C27H38ClN.C2H3N/c1-21(2)29(20-19-23-9-5-4-6-10-23)22(3)13-14-24-15-17-25(18-16-24)26-11-7-8-12-27(26)28;1-2-3/h4-6,9-10,15-18,21-22,26-27H,7-8,11-14,19-20H2,1-3H3;1H3. The van der Waals surface area contributed by atoms with E-state index in [2.05, 4.69) is 80.3 Å². The fourth-order valence-corrected chi connectivity index (χ4v) is 5.25. The molecule has 2 aromatic carbocycles. The highest BCUT2D eigenvalue weighted by atomic mass is 35.5. The lowest BCUT2D eigenvalue weighted by molar-refractivity contribution is 0.158. The van der Waals surface area contributed by atoms with Gasteiger partial charge in [0.05, 0.1) is 6.07 Å². The van der Waals surface area contributed by atoms with Gasteiger partial charge in [-0.25, -0.2) is 0 Å². The molecule has 1 aliphatic carbocycles. The van der Waals surface area contributed by atoms with Crippen molar-refractivity contribution in [2.45, 2.75) is 96.0 Å². The van der Waals surface area contributed by atoms with Crippen LogP contribution in [-0.2, 0) is 12.8 Å². The highest BCUT2D eigenvalue weighted by Gasteiger charge is 2.24. The summed E-state index contributed by atoms with van der Waals surface area (Å²) in [5.41, 5.74) is 4.32. The second-order valence-corrected chi connectivity index (χ2v) is 9.89. The number of aryl methyl sites for hydroxylation is 1. The third-order valence-electron chi connectivity index (χ3n) is 6.67. The minimum atomic E-state index is 0.318. The first-order valence-corrected chi connectivity index (χ1v) is 12.7. The van der Waals surface area contributed by atoms with Crippen LogP contribution in [0.25, 0.3) is 0 Å². The Morgan fingerprint density at radius 3 is 2.12 bits per heavy atom. The number of hydrogen-bond donors (Lipinski definition) is 0. The summed E-state index contributed by atoms with van der Waals surface area (Å²) in [5.74, 6) is 0.549.